The lowest BCUT2D eigenvalue weighted by Crippen LogP contribution is -2.52. The normalized spacial score (nSPS) is 23.8. The Morgan fingerprint density at radius 3 is 2.81 bits per heavy atom. The molecule has 1 aromatic rings. The van der Waals surface area contributed by atoms with Crippen LogP contribution in [-0.2, 0) is 16.1 Å². The van der Waals surface area contributed by atoms with Gasteiger partial charge in [-0.3, -0.25) is 9.59 Å². The van der Waals surface area contributed by atoms with E-state index in [9.17, 15) is 9.59 Å². The average molecular weight is 359 g/mol. The summed E-state index contributed by atoms with van der Waals surface area (Å²) < 4.78 is 0. The lowest BCUT2D eigenvalue weighted by atomic mass is 9.93. The molecular formula is C19H29N5O2. The van der Waals surface area contributed by atoms with Gasteiger partial charge in [0, 0.05) is 37.3 Å². The molecule has 2 aliphatic heterocycles. The highest BCUT2D eigenvalue weighted by Crippen LogP contribution is 2.26. The van der Waals surface area contributed by atoms with Crippen LogP contribution in [0.1, 0.15) is 44.6 Å². The molecule has 3 rings (SSSR count). The van der Waals surface area contributed by atoms with E-state index in [1.807, 2.05) is 12.1 Å². The van der Waals surface area contributed by atoms with Crippen LogP contribution in [0.25, 0.3) is 0 Å². The van der Waals surface area contributed by atoms with Crippen LogP contribution in [0.15, 0.2) is 18.3 Å². The Balaban J connectivity index is 1.64. The summed E-state index contributed by atoms with van der Waals surface area (Å²) in [5.41, 5.74) is 6.00. The Morgan fingerprint density at radius 1 is 1.42 bits per heavy atom. The van der Waals surface area contributed by atoms with Gasteiger partial charge in [0.1, 0.15) is 5.82 Å². The first-order valence-corrected chi connectivity index (χ1v) is 9.57. The molecule has 2 fully saturated rings. The molecule has 4 N–H and O–H groups in total. The molecule has 1 aromatic heterocycles. The largest absolute Gasteiger partial charge is 0.369 e. The number of hydrogen-bond donors (Lipinski definition) is 3. The second-order valence-electron chi connectivity index (χ2n) is 7.30. The first kappa shape index (κ1) is 18.6. The van der Waals surface area contributed by atoms with E-state index >= 15 is 0 Å². The predicted octanol–water partition coefficient (Wildman–Crippen LogP) is 0.932. The zero-order valence-electron chi connectivity index (χ0n) is 15.5. The molecule has 7 heteroatoms. The van der Waals surface area contributed by atoms with Crippen molar-refractivity contribution in [2.75, 3.05) is 24.5 Å². The number of pyridine rings is 1. The third-order valence-electron chi connectivity index (χ3n) is 5.79. The minimum atomic E-state index is -0.428. The highest BCUT2D eigenvalue weighted by Gasteiger charge is 2.38. The minimum absolute atomic E-state index is 0.0454. The van der Waals surface area contributed by atoms with Crippen molar-refractivity contribution in [3.05, 3.63) is 23.9 Å². The number of aromatic nitrogens is 1. The number of primary amides is 1. The summed E-state index contributed by atoms with van der Waals surface area (Å²) >= 11 is 0. The van der Waals surface area contributed by atoms with E-state index < -0.39 is 5.54 Å². The summed E-state index contributed by atoms with van der Waals surface area (Å²) in [6, 6.07) is 3.90. The van der Waals surface area contributed by atoms with Gasteiger partial charge in [0.25, 0.3) is 0 Å². The maximum absolute atomic E-state index is 12.7. The fourth-order valence-corrected chi connectivity index (χ4v) is 4.04. The number of carbonyl (C=O) groups excluding carboxylic acids is 2. The van der Waals surface area contributed by atoms with E-state index in [2.05, 4.69) is 27.4 Å². The topological polar surface area (TPSA) is 100 Å². The van der Waals surface area contributed by atoms with Crippen molar-refractivity contribution in [3.63, 3.8) is 0 Å². The van der Waals surface area contributed by atoms with Gasteiger partial charge in [-0.05, 0) is 44.7 Å². The number of nitrogens with two attached hydrogens (primary N) is 1. The first-order valence-electron chi connectivity index (χ1n) is 9.57. The molecule has 3 heterocycles. The fourth-order valence-electron chi connectivity index (χ4n) is 4.04. The molecule has 0 bridgehead atoms. The van der Waals surface area contributed by atoms with Crippen molar-refractivity contribution in [1.82, 2.24) is 15.6 Å². The van der Waals surface area contributed by atoms with Crippen LogP contribution < -0.4 is 21.3 Å². The van der Waals surface area contributed by atoms with Crippen molar-refractivity contribution in [1.29, 1.82) is 0 Å². The van der Waals surface area contributed by atoms with Gasteiger partial charge >= 0.3 is 0 Å². The second-order valence-corrected chi connectivity index (χ2v) is 7.30. The Morgan fingerprint density at radius 2 is 2.19 bits per heavy atom. The molecule has 26 heavy (non-hydrogen) atoms. The highest BCUT2D eigenvalue weighted by molar-refractivity contribution is 5.86. The molecule has 0 spiro atoms. The monoisotopic (exact) mass is 359 g/mol. The van der Waals surface area contributed by atoms with Gasteiger partial charge in [-0.2, -0.15) is 0 Å². The fraction of sp³-hybridized carbons (Fsp3) is 0.632. The van der Waals surface area contributed by atoms with Gasteiger partial charge in [0.05, 0.1) is 5.54 Å². The van der Waals surface area contributed by atoms with Crippen LogP contribution in [0, 0.1) is 5.92 Å². The molecule has 0 radical (unpaired) electrons. The quantitative estimate of drug-likeness (QED) is 0.702. The van der Waals surface area contributed by atoms with E-state index in [4.69, 9.17) is 5.73 Å². The van der Waals surface area contributed by atoms with E-state index in [0.717, 1.165) is 63.1 Å². The standard InChI is InChI=1S/C19H29N5O2/c1-2-19(8-4-10-23-19)18(26)22-13-15-5-3-9-21-17(15)24-11-6-14(7-12-24)16(20)25/h3,5,9,14,23H,2,4,6-8,10-13H2,1H3,(H2,20,25)(H,22,26). The van der Waals surface area contributed by atoms with Crippen molar-refractivity contribution in [2.24, 2.45) is 11.7 Å². The van der Waals surface area contributed by atoms with Crippen molar-refractivity contribution >= 4 is 17.6 Å². The van der Waals surface area contributed by atoms with Gasteiger partial charge in [0.2, 0.25) is 11.8 Å². The average Bonchev–Trinajstić information content (AvgIpc) is 3.17. The van der Waals surface area contributed by atoms with E-state index in [0.29, 0.717) is 6.54 Å². The Labute approximate surface area is 154 Å². The summed E-state index contributed by atoms with van der Waals surface area (Å²) in [6.45, 7) is 4.92. The summed E-state index contributed by atoms with van der Waals surface area (Å²) in [7, 11) is 0. The molecule has 7 nitrogen and oxygen atoms in total. The molecule has 0 aliphatic carbocycles. The van der Waals surface area contributed by atoms with Crippen molar-refractivity contribution in [2.45, 2.75) is 51.1 Å². The molecular weight excluding hydrogens is 330 g/mol. The van der Waals surface area contributed by atoms with Gasteiger partial charge in [-0.15, -0.1) is 0 Å². The number of piperidine rings is 1. The van der Waals surface area contributed by atoms with Gasteiger partial charge in [0.15, 0.2) is 0 Å². The van der Waals surface area contributed by atoms with Crippen LogP contribution in [0.4, 0.5) is 5.82 Å². The molecule has 1 unspecified atom stereocenters. The van der Waals surface area contributed by atoms with Crippen molar-refractivity contribution < 1.29 is 9.59 Å². The summed E-state index contributed by atoms with van der Waals surface area (Å²) in [5, 5.41) is 6.46. The number of nitrogens with zero attached hydrogens (tertiary/aromatic N) is 2. The van der Waals surface area contributed by atoms with E-state index in [1.54, 1.807) is 6.20 Å². The minimum Gasteiger partial charge on any atom is -0.369 e. The van der Waals surface area contributed by atoms with Gasteiger partial charge < -0.3 is 21.3 Å². The van der Waals surface area contributed by atoms with Crippen molar-refractivity contribution in [3.8, 4) is 0 Å². The number of anilines is 1. The molecule has 142 valence electrons. The summed E-state index contributed by atoms with van der Waals surface area (Å²) in [6.07, 6.45) is 5.98. The molecule has 2 aliphatic rings. The molecule has 2 saturated heterocycles. The number of hydrogen-bond acceptors (Lipinski definition) is 5. The number of amides is 2. The third-order valence-corrected chi connectivity index (χ3v) is 5.79. The summed E-state index contributed by atoms with van der Waals surface area (Å²) in [4.78, 5) is 30.8. The van der Waals surface area contributed by atoms with Crippen LogP contribution in [0.3, 0.4) is 0 Å². The highest BCUT2D eigenvalue weighted by atomic mass is 16.2. The maximum Gasteiger partial charge on any atom is 0.240 e. The van der Waals surface area contributed by atoms with E-state index in [-0.39, 0.29) is 17.7 Å². The number of nitrogens with one attached hydrogen (secondary N) is 2. The Bertz CT molecular complexity index is 649. The van der Waals surface area contributed by atoms with Crippen LogP contribution in [-0.4, -0.2) is 42.0 Å². The molecule has 0 aromatic carbocycles. The lowest BCUT2D eigenvalue weighted by Gasteiger charge is -2.33. The third kappa shape index (κ3) is 3.82. The van der Waals surface area contributed by atoms with Crippen LogP contribution in [0.5, 0.6) is 0 Å². The predicted molar refractivity (Wildman–Crippen MR) is 100 cm³/mol. The van der Waals surface area contributed by atoms with Crippen LogP contribution in [0.2, 0.25) is 0 Å². The Hall–Kier alpha value is -2.15. The molecule has 1 atom stereocenters. The lowest BCUT2D eigenvalue weighted by molar-refractivity contribution is -0.127. The summed E-state index contributed by atoms with van der Waals surface area (Å²) in [5.74, 6) is 0.698. The first-order chi connectivity index (χ1) is 12.6. The molecule has 2 amide bonds. The molecule has 0 saturated carbocycles. The smallest absolute Gasteiger partial charge is 0.240 e. The van der Waals surface area contributed by atoms with Crippen LogP contribution >= 0.6 is 0 Å². The zero-order chi connectivity index (χ0) is 18.6. The SMILES string of the molecule is CCC1(C(=O)NCc2cccnc2N2CCC(C(N)=O)CC2)CCCN1. The number of rotatable bonds is 6. The second kappa shape index (κ2) is 8.03. The Kier molecular flexibility index (Phi) is 5.76. The maximum atomic E-state index is 12.7. The number of carbonyl (C=O) groups is 2. The zero-order valence-corrected chi connectivity index (χ0v) is 15.5. The van der Waals surface area contributed by atoms with Gasteiger partial charge in [-0.25, -0.2) is 4.98 Å². The van der Waals surface area contributed by atoms with Gasteiger partial charge in [-0.1, -0.05) is 13.0 Å². The van der Waals surface area contributed by atoms with E-state index in [1.165, 1.54) is 0 Å².